The van der Waals surface area contributed by atoms with Crippen molar-refractivity contribution in [2.45, 2.75) is 37.8 Å². The standard InChI is InChI=1S/C42H48N2O10/c1-43-12-10-24-27(19-35-40(38(24)48-6)53-21-52-35)28(43)15-23-17-31(45-3)33(47-5)20-30(23)54-34-16-22-14-29-36-25(11-13-44(29)2)39(49-7)42(51-9)41(50-8)37(36)26(22)18-32(34)46-4/h16-20,28-29H,10-15,21H2,1-9H3/t28-,29-/m0/s1. The van der Waals surface area contributed by atoms with Crippen LogP contribution in [0.15, 0.2) is 30.3 Å². The lowest BCUT2D eigenvalue weighted by Gasteiger charge is -2.41. The SMILES string of the molecule is COc1cc(C[C@H]2c3cc4c(c(OC)c3CCN2C)OCO4)c(Oc2cc3c(cc2OC)-c2c(OC)c(OC)c(OC)c4c2[C@H](C3)N(C)CC4)cc1OC. The highest BCUT2D eigenvalue weighted by Gasteiger charge is 2.40. The minimum Gasteiger partial charge on any atom is -0.493 e. The van der Waals surface area contributed by atoms with Gasteiger partial charge in [0, 0.05) is 53.5 Å². The predicted octanol–water partition coefficient (Wildman–Crippen LogP) is 6.79. The van der Waals surface area contributed by atoms with Crippen LogP contribution in [-0.2, 0) is 25.7 Å². The number of hydrogen-bond donors (Lipinski definition) is 0. The summed E-state index contributed by atoms with van der Waals surface area (Å²) in [5.74, 6) is 7.06. The average molecular weight is 741 g/mol. The number of fused-ring (bicyclic) bond motifs is 4. The zero-order valence-corrected chi connectivity index (χ0v) is 32.5. The Balaban J connectivity index is 1.25. The monoisotopic (exact) mass is 740 g/mol. The van der Waals surface area contributed by atoms with Gasteiger partial charge in [-0.05, 0) is 86.3 Å². The van der Waals surface area contributed by atoms with E-state index >= 15 is 0 Å². The van der Waals surface area contributed by atoms with Crippen LogP contribution >= 0.6 is 0 Å². The molecule has 4 aromatic rings. The van der Waals surface area contributed by atoms with Gasteiger partial charge in [0.15, 0.2) is 46.0 Å². The van der Waals surface area contributed by atoms with Gasteiger partial charge in [0.25, 0.3) is 0 Å². The molecule has 0 saturated heterocycles. The van der Waals surface area contributed by atoms with Gasteiger partial charge in [0.1, 0.15) is 5.75 Å². The lowest BCUT2D eigenvalue weighted by atomic mass is 9.76. The summed E-state index contributed by atoms with van der Waals surface area (Å²) in [7, 11) is 16.0. The fourth-order valence-electron chi connectivity index (χ4n) is 8.87. The van der Waals surface area contributed by atoms with Crippen LogP contribution in [0.4, 0.5) is 0 Å². The zero-order chi connectivity index (χ0) is 37.8. The molecule has 3 aliphatic heterocycles. The number of nitrogens with zero attached hydrogens (tertiary/aromatic N) is 2. The van der Waals surface area contributed by atoms with E-state index in [9.17, 15) is 0 Å². The third kappa shape index (κ3) is 5.57. The normalized spacial score (nSPS) is 18.2. The van der Waals surface area contributed by atoms with Crippen molar-refractivity contribution in [3.63, 3.8) is 0 Å². The molecule has 54 heavy (non-hydrogen) atoms. The van der Waals surface area contributed by atoms with Crippen LogP contribution in [0.2, 0.25) is 0 Å². The summed E-state index contributed by atoms with van der Waals surface area (Å²) in [4.78, 5) is 4.75. The first-order valence-corrected chi connectivity index (χ1v) is 18.2. The predicted molar refractivity (Wildman–Crippen MR) is 202 cm³/mol. The van der Waals surface area contributed by atoms with Crippen LogP contribution in [0.3, 0.4) is 0 Å². The molecule has 12 nitrogen and oxygen atoms in total. The molecule has 8 rings (SSSR count). The number of benzene rings is 4. The van der Waals surface area contributed by atoms with Crippen LogP contribution in [0.1, 0.15) is 45.5 Å². The Kier molecular flexibility index (Phi) is 9.43. The quantitative estimate of drug-likeness (QED) is 0.162. The molecule has 0 N–H and O–H groups in total. The van der Waals surface area contributed by atoms with Crippen molar-refractivity contribution >= 4 is 0 Å². The third-order valence-electron chi connectivity index (χ3n) is 11.5. The molecule has 0 spiro atoms. The van der Waals surface area contributed by atoms with Gasteiger partial charge in [-0.1, -0.05) is 0 Å². The van der Waals surface area contributed by atoms with Gasteiger partial charge in [0.05, 0.1) is 49.8 Å². The number of methoxy groups -OCH3 is 7. The molecule has 4 aliphatic rings. The fraction of sp³-hybridized carbons (Fsp3) is 0.429. The van der Waals surface area contributed by atoms with Gasteiger partial charge in [0.2, 0.25) is 18.3 Å². The lowest BCUT2D eigenvalue weighted by molar-refractivity contribution is 0.171. The molecule has 0 amide bonds. The topological polar surface area (TPSA) is 98.8 Å². The molecule has 286 valence electrons. The second-order valence-electron chi connectivity index (χ2n) is 14.1. The highest BCUT2D eigenvalue weighted by Crippen LogP contribution is 2.58. The van der Waals surface area contributed by atoms with Gasteiger partial charge >= 0.3 is 0 Å². The zero-order valence-electron chi connectivity index (χ0n) is 32.5. The van der Waals surface area contributed by atoms with Crippen LogP contribution in [0.25, 0.3) is 11.1 Å². The van der Waals surface area contributed by atoms with Gasteiger partial charge in [-0.15, -0.1) is 0 Å². The molecule has 0 saturated carbocycles. The van der Waals surface area contributed by atoms with E-state index in [0.717, 1.165) is 82.8 Å². The van der Waals surface area contributed by atoms with E-state index in [0.29, 0.717) is 58.2 Å². The summed E-state index contributed by atoms with van der Waals surface area (Å²) < 4.78 is 60.2. The Morgan fingerprint density at radius 3 is 2.00 bits per heavy atom. The van der Waals surface area contributed by atoms with Crippen molar-refractivity contribution in [2.24, 2.45) is 0 Å². The Morgan fingerprint density at radius 2 is 1.30 bits per heavy atom. The second kappa shape index (κ2) is 14.2. The molecule has 2 atom stereocenters. The Bertz CT molecular complexity index is 2120. The first kappa shape index (κ1) is 35.8. The maximum atomic E-state index is 6.94. The summed E-state index contributed by atoms with van der Waals surface area (Å²) in [5.41, 5.74) is 8.69. The Morgan fingerprint density at radius 1 is 0.630 bits per heavy atom. The largest absolute Gasteiger partial charge is 0.493 e. The number of likely N-dealkylation sites (N-methyl/N-ethyl adjacent to an activating group) is 2. The highest BCUT2D eigenvalue weighted by atomic mass is 16.7. The van der Waals surface area contributed by atoms with Crippen molar-refractivity contribution in [2.75, 3.05) is 83.7 Å². The molecule has 1 aliphatic carbocycles. The minimum absolute atomic E-state index is 0.0185. The molecule has 0 fully saturated rings. The van der Waals surface area contributed by atoms with Crippen molar-refractivity contribution in [1.29, 1.82) is 0 Å². The molecule has 4 aromatic carbocycles. The number of hydrogen-bond acceptors (Lipinski definition) is 12. The number of rotatable bonds is 11. The highest BCUT2D eigenvalue weighted by molar-refractivity contribution is 5.87. The molecular weight excluding hydrogens is 692 g/mol. The summed E-state index contributed by atoms with van der Waals surface area (Å²) >= 11 is 0. The smallest absolute Gasteiger partial charge is 0.231 e. The minimum atomic E-state index is -0.0185. The summed E-state index contributed by atoms with van der Waals surface area (Å²) in [6.07, 6.45) is 3.04. The van der Waals surface area contributed by atoms with Crippen LogP contribution in [0.5, 0.6) is 63.2 Å². The van der Waals surface area contributed by atoms with Crippen molar-refractivity contribution in [1.82, 2.24) is 9.80 Å². The van der Waals surface area contributed by atoms with Crippen molar-refractivity contribution in [3.05, 3.63) is 63.7 Å². The second-order valence-corrected chi connectivity index (χ2v) is 14.1. The van der Waals surface area contributed by atoms with Crippen LogP contribution in [0, 0.1) is 0 Å². The molecule has 0 unspecified atom stereocenters. The first-order chi connectivity index (χ1) is 26.3. The van der Waals surface area contributed by atoms with E-state index in [1.807, 2.05) is 12.1 Å². The van der Waals surface area contributed by atoms with E-state index in [4.69, 9.17) is 47.4 Å². The molecular formula is C42H48N2O10. The molecule has 0 aromatic heterocycles. The maximum Gasteiger partial charge on any atom is 0.231 e. The van der Waals surface area contributed by atoms with Gasteiger partial charge < -0.3 is 47.4 Å². The molecule has 0 radical (unpaired) electrons. The van der Waals surface area contributed by atoms with E-state index in [2.05, 4.69) is 42.1 Å². The summed E-state index contributed by atoms with van der Waals surface area (Å²) in [6, 6.07) is 10.2. The Hall–Kier alpha value is -5.20. The van der Waals surface area contributed by atoms with E-state index in [1.54, 1.807) is 49.8 Å². The number of ether oxygens (including phenoxy) is 10. The Labute approximate surface area is 316 Å². The summed E-state index contributed by atoms with van der Waals surface area (Å²) in [5, 5.41) is 0. The average Bonchev–Trinajstić information content (AvgIpc) is 3.67. The summed E-state index contributed by atoms with van der Waals surface area (Å²) in [6.45, 7) is 1.90. The van der Waals surface area contributed by atoms with Gasteiger partial charge in [-0.25, -0.2) is 0 Å². The van der Waals surface area contributed by atoms with Crippen LogP contribution in [-0.4, -0.2) is 93.5 Å². The van der Waals surface area contributed by atoms with Crippen molar-refractivity contribution < 1.29 is 47.4 Å². The van der Waals surface area contributed by atoms with Crippen LogP contribution < -0.4 is 47.4 Å². The van der Waals surface area contributed by atoms with Gasteiger partial charge in [-0.2, -0.15) is 0 Å². The third-order valence-corrected chi connectivity index (χ3v) is 11.5. The molecule has 12 heteroatoms. The van der Waals surface area contributed by atoms with Crippen molar-refractivity contribution in [3.8, 4) is 74.4 Å². The lowest BCUT2D eigenvalue weighted by Crippen LogP contribution is -2.36. The van der Waals surface area contributed by atoms with E-state index in [-0.39, 0.29) is 18.9 Å². The van der Waals surface area contributed by atoms with E-state index in [1.165, 1.54) is 5.56 Å². The maximum absolute atomic E-state index is 6.94. The molecule has 0 bridgehead atoms. The fourth-order valence-corrected chi connectivity index (χ4v) is 8.87. The first-order valence-electron chi connectivity index (χ1n) is 18.2. The van der Waals surface area contributed by atoms with E-state index < -0.39 is 0 Å². The molecule has 3 heterocycles. The van der Waals surface area contributed by atoms with Gasteiger partial charge in [-0.3, -0.25) is 9.80 Å².